The molecule has 20 heavy (non-hydrogen) atoms. The highest BCUT2D eigenvalue weighted by atomic mass is 79.9. The van der Waals surface area contributed by atoms with E-state index >= 15 is 0 Å². The molecule has 0 aliphatic heterocycles. The third kappa shape index (κ3) is 3.00. The van der Waals surface area contributed by atoms with Crippen molar-refractivity contribution in [1.29, 1.82) is 0 Å². The van der Waals surface area contributed by atoms with Crippen LogP contribution in [-0.2, 0) is 0 Å². The first-order valence-corrected chi connectivity index (χ1v) is 6.37. The number of aromatic carboxylic acids is 1. The number of nitrogens with one attached hydrogen (secondary N) is 2. The summed E-state index contributed by atoms with van der Waals surface area (Å²) in [6, 6.07) is 5.97. The van der Waals surface area contributed by atoms with Crippen molar-refractivity contribution in [3.63, 3.8) is 0 Å². The number of anilines is 1. The van der Waals surface area contributed by atoms with E-state index in [4.69, 9.17) is 9.84 Å². The smallest absolute Gasteiger partial charge is 0.339 e. The van der Waals surface area contributed by atoms with E-state index < -0.39 is 5.97 Å². The molecule has 104 valence electrons. The zero-order valence-corrected chi connectivity index (χ0v) is 12.0. The first kappa shape index (κ1) is 14.1. The number of H-pyrrole nitrogens is 1. The zero-order chi connectivity index (χ0) is 14.7. The maximum absolute atomic E-state index is 11.9. The first-order valence-electron chi connectivity index (χ1n) is 5.58. The van der Waals surface area contributed by atoms with Gasteiger partial charge in [0.05, 0.1) is 7.11 Å². The third-order valence-electron chi connectivity index (χ3n) is 2.58. The first-order chi connectivity index (χ1) is 9.51. The summed E-state index contributed by atoms with van der Waals surface area (Å²) in [5, 5.41) is 11.6. The lowest BCUT2D eigenvalue weighted by molar-refractivity contribution is 0.0693. The molecular weight excluding hydrogens is 328 g/mol. The molecule has 1 aromatic carbocycles. The van der Waals surface area contributed by atoms with E-state index in [0.717, 1.165) is 4.47 Å². The molecule has 1 heterocycles. The molecule has 0 saturated carbocycles. The number of amides is 1. The minimum Gasteiger partial charge on any atom is -0.496 e. The molecule has 0 atom stereocenters. The normalized spacial score (nSPS) is 10.1. The fourth-order valence-corrected chi connectivity index (χ4v) is 1.99. The molecule has 1 amide bonds. The number of methoxy groups -OCH3 is 1. The summed E-state index contributed by atoms with van der Waals surface area (Å²) in [5.41, 5.74) is 0.869. The van der Waals surface area contributed by atoms with Crippen LogP contribution in [0.2, 0.25) is 0 Å². The second-order valence-corrected chi connectivity index (χ2v) is 4.82. The summed E-state index contributed by atoms with van der Waals surface area (Å²) in [6.07, 6.45) is 1.64. The monoisotopic (exact) mass is 338 g/mol. The van der Waals surface area contributed by atoms with Gasteiger partial charge in [-0.15, -0.1) is 0 Å². The van der Waals surface area contributed by atoms with Gasteiger partial charge in [-0.2, -0.15) is 0 Å². The molecule has 7 heteroatoms. The van der Waals surface area contributed by atoms with E-state index in [0.29, 0.717) is 11.4 Å². The Balaban J connectivity index is 2.22. The molecule has 0 aliphatic carbocycles. The van der Waals surface area contributed by atoms with E-state index in [-0.39, 0.29) is 17.2 Å². The lowest BCUT2D eigenvalue weighted by atomic mass is 10.2. The van der Waals surface area contributed by atoms with Crippen LogP contribution in [0.25, 0.3) is 0 Å². The molecule has 3 N–H and O–H groups in total. The number of rotatable bonds is 4. The number of carbonyl (C=O) groups excluding carboxylic acids is 1. The standard InChI is InChI=1S/C13H11BrN2O4/c1-20-11-5-8(2-3-9(11)13(18)19)16-12(17)10-4-7(14)6-15-10/h2-6,15H,1H3,(H,16,17)(H,18,19). The summed E-state index contributed by atoms with van der Waals surface area (Å²) in [7, 11) is 1.37. The van der Waals surface area contributed by atoms with Crippen LogP contribution in [0.4, 0.5) is 5.69 Å². The number of benzene rings is 1. The van der Waals surface area contributed by atoms with Gasteiger partial charge >= 0.3 is 5.97 Å². The average Bonchev–Trinajstić information content (AvgIpc) is 2.85. The van der Waals surface area contributed by atoms with Crippen molar-refractivity contribution in [2.75, 3.05) is 12.4 Å². The van der Waals surface area contributed by atoms with Crippen LogP contribution in [0.1, 0.15) is 20.8 Å². The Labute approximate surface area is 122 Å². The Morgan fingerprint density at radius 1 is 1.35 bits per heavy atom. The second-order valence-electron chi connectivity index (χ2n) is 3.91. The number of aromatic nitrogens is 1. The Hall–Kier alpha value is -2.28. The van der Waals surface area contributed by atoms with Gasteiger partial charge in [-0.05, 0) is 34.1 Å². The molecule has 0 saturated heterocycles. The summed E-state index contributed by atoms with van der Waals surface area (Å²) in [6.45, 7) is 0. The van der Waals surface area contributed by atoms with Crippen molar-refractivity contribution in [1.82, 2.24) is 4.98 Å². The molecule has 0 spiro atoms. The van der Waals surface area contributed by atoms with Gasteiger partial charge in [0.1, 0.15) is 17.0 Å². The third-order valence-corrected chi connectivity index (χ3v) is 3.04. The highest BCUT2D eigenvalue weighted by Gasteiger charge is 2.13. The van der Waals surface area contributed by atoms with Gasteiger partial charge in [0.25, 0.3) is 5.91 Å². The summed E-state index contributed by atoms with van der Waals surface area (Å²) in [5.74, 6) is -1.24. The molecule has 0 unspecified atom stereocenters. The predicted molar refractivity (Wildman–Crippen MR) is 76.4 cm³/mol. The zero-order valence-electron chi connectivity index (χ0n) is 10.4. The van der Waals surface area contributed by atoms with Gasteiger partial charge in [-0.3, -0.25) is 4.79 Å². The van der Waals surface area contributed by atoms with Gasteiger partial charge in [-0.1, -0.05) is 0 Å². The van der Waals surface area contributed by atoms with E-state index in [1.165, 1.54) is 25.3 Å². The number of halogens is 1. The van der Waals surface area contributed by atoms with Crippen LogP contribution in [0, 0.1) is 0 Å². The lowest BCUT2D eigenvalue weighted by Crippen LogP contribution is -2.12. The van der Waals surface area contributed by atoms with Crippen LogP contribution in [0.15, 0.2) is 34.9 Å². The molecule has 1 aromatic heterocycles. The SMILES string of the molecule is COc1cc(NC(=O)c2cc(Br)c[nH]2)ccc1C(=O)O. The molecular formula is C13H11BrN2O4. The maximum atomic E-state index is 11.9. The highest BCUT2D eigenvalue weighted by molar-refractivity contribution is 9.10. The van der Waals surface area contributed by atoms with Gasteiger partial charge in [0.2, 0.25) is 0 Å². The van der Waals surface area contributed by atoms with Crippen molar-refractivity contribution in [2.45, 2.75) is 0 Å². The Morgan fingerprint density at radius 2 is 2.10 bits per heavy atom. The number of aromatic amines is 1. The number of ether oxygens (including phenoxy) is 1. The Kier molecular flexibility index (Phi) is 4.09. The second kappa shape index (κ2) is 5.79. The molecule has 0 radical (unpaired) electrons. The predicted octanol–water partition coefficient (Wildman–Crippen LogP) is 2.74. The van der Waals surface area contributed by atoms with Gasteiger partial charge in [0, 0.05) is 22.4 Å². The van der Waals surface area contributed by atoms with Crippen molar-refractivity contribution in [3.05, 3.63) is 46.2 Å². The minimum absolute atomic E-state index is 0.0353. The van der Waals surface area contributed by atoms with E-state index in [2.05, 4.69) is 26.2 Å². The summed E-state index contributed by atoms with van der Waals surface area (Å²) < 4.78 is 5.76. The Bertz CT molecular complexity index is 666. The average molecular weight is 339 g/mol. The van der Waals surface area contributed by atoms with Gasteiger partial charge in [0.15, 0.2) is 0 Å². The van der Waals surface area contributed by atoms with E-state index in [1.54, 1.807) is 12.3 Å². The van der Waals surface area contributed by atoms with Gasteiger partial charge < -0.3 is 20.1 Å². The van der Waals surface area contributed by atoms with E-state index in [1.807, 2.05) is 0 Å². The highest BCUT2D eigenvalue weighted by Crippen LogP contribution is 2.23. The Morgan fingerprint density at radius 3 is 2.65 bits per heavy atom. The van der Waals surface area contributed by atoms with Crippen LogP contribution in [-0.4, -0.2) is 29.1 Å². The van der Waals surface area contributed by atoms with Crippen LogP contribution in [0.3, 0.4) is 0 Å². The maximum Gasteiger partial charge on any atom is 0.339 e. The fourth-order valence-electron chi connectivity index (χ4n) is 1.64. The van der Waals surface area contributed by atoms with Crippen LogP contribution < -0.4 is 10.1 Å². The molecule has 2 aromatic rings. The fraction of sp³-hybridized carbons (Fsp3) is 0.0769. The molecule has 6 nitrogen and oxygen atoms in total. The number of carboxylic acid groups (broad SMARTS) is 1. The molecule has 0 bridgehead atoms. The van der Waals surface area contributed by atoms with Crippen molar-refractivity contribution in [3.8, 4) is 5.75 Å². The number of carboxylic acids is 1. The minimum atomic E-state index is -1.09. The number of hydrogen-bond acceptors (Lipinski definition) is 3. The van der Waals surface area contributed by atoms with Crippen molar-refractivity contribution >= 4 is 33.5 Å². The number of carbonyl (C=O) groups is 2. The topological polar surface area (TPSA) is 91.4 Å². The van der Waals surface area contributed by atoms with Crippen molar-refractivity contribution < 1.29 is 19.4 Å². The van der Waals surface area contributed by atoms with Gasteiger partial charge in [-0.25, -0.2) is 4.79 Å². The number of hydrogen-bond donors (Lipinski definition) is 3. The molecule has 0 aliphatic rings. The largest absolute Gasteiger partial charge is 0.496 e. The summed E-state index contributed by atoms with van der Waals surface area (Å²) in [4.78, 5) is 25.7. The quantitative estimate of drug-likeness (QED) is 0.799. The van der Waals surface area contributed by atoms with Crippen LogP contribution in [0.5, 0.6) is 5.75 Å². The van der Waals surface area contributed by atoms with Crippen molar-refractivity contribution in [2.24, 2.45) is 0 Å². The lowest BCUT2D eigenvalue weighted by Gasteiger charge is -2.08. The van der Waals surface area contributed by atoms with E-state index in [9.17, 15) is 9.59 Å². The summed E-state index contributed by atoms with van der Waals surface area (Å²) >= 11 is 3.24. The molecule has 2 rings (SSSR count). The molecule has 0 fully saturated rings. The van der Waals surface area contributed by atoms with Crippen LogP contribution >= 0.6 is 15.9 Å².